The van der Waals surface area contributed by atoms with Gasteiger partial charge in [0.15, 0.2) is 0 Å². The molecular formula is C12H12N2O4. The highest BCUT2D eigenvalue weighted by Crippen LogP contribution is 2.25. The molecule has 1 heterocycles. The number of nitrogens with zero attached hydrogens (tertiary/aromatic N) is 1. The number of rotatable bonds is 2. The lowest BCUT2D eigenvalue weighted by atomic mass is 10.1. The van der Waals surface area contributed by atoms with Gasteiger partial charge in [0.25, 0.3) is 0 Å². The molecule has 1 amide bonds. The molecule has 0 saturated carbocycles. The summed E-state index contributed by atoms with van der Waals surface area (Å²) in [6, 6.07) is 6.36. The molecule has 0 fully saturated rings. The zero-order valence-electron chi connectivity index (χ0n) is 9.93. The Bertz CT molecular complexity index is 630. The molecule has 2 N–H and O–H groups in total. The van der Waals surface area contributed by atoms with Gasteiger partial charge in [-0.1, -0.05) is 6.07 Å². The van der Waals surface area contributed by atoms with Gasteiger partial charge in [0, 0.05) is 12.3 Å². The van der Waals surface area contributed by atoms with Gasteiger partial charge in [0.1, 0.15) is 5.82 Å². The summed E-state index contributed by atoms with van der Waals surface area (Å²) in [6.45, 7) is 1.33. The Labute approximate surface area is 103 Å². The maximum atomic E-state index is 11.6. The molecule has 0 atom stereocenters. The van der Waals surface area contributed by atoms with Gasteiger partial charge in [-0.3, -0.25) is 4.79 Å². The normalized spacial score (nSPS) is 10.3. The molecular weight excluding hydrogens is 236 g/mol. The Kier molecular flexibility index (Phi) is 2.93. The average molecular weight is 248 g/mol. The van der Waals surface area contributed by atoms with Crippen LogP contribution in [0, 0.1) is 0 Å². The number of nitrogens with one attached hydrogen (secondary N) is 1. The SMILES string of the molecule is COC(=O)c1cccc2c1cc(NC(C)=O)n2O. The second-order valence-electron chi connectivity index (χ2n) is 3.75. The molecule has 1 aromatic carbocycles. The second-order valence-corrected chi connectivity index (χ2v) is 3.75. The van der Waals surface area contributed by atoms with Gasteiger partial charge < -0.3 is 15.3 Å². The Morgan fingerprint density at radius 1 is 1.39 bits per heavy atom. The van der Waals surface area contributed by atoms with Crippen molar-refractivity contribution in [3.05, 3.63) is 29.8 Å². The number of ether oxygens (including phenoxy) is 1. The minimum atomic E-state index is -0.499. The lowest BCUT2D eigenvalue weighted by Crippen LogP contribution is -2.09. The van der Waals surface area contributed by atoms with Crippen LogP contribution in [0.3, 0.4) is 0 Å². The topological polar surface area (TPSA) is 80.6 Å². The van der Waals surface area contributed by atoms with Crippen LogP contribution in [0.15, 0.2) is 24.3 Å². The van der Waals surface area contributed by atoms with Gasteiger partial charge >= 0.3 is 5.97 Å². The molecule has 0 saturated heterocycles. The van der Waals surface area contributed by atoms with E-state index in [1.54, 1.807) is 18.2 Å². The van der Waals surface area contributed by atoms with E-state index in [1.807, 2.05) is 0 Å². The minimum absolute atomic E-state index is 0.203. The molecule has 0 aliphatic carbocycles. The van der Waals surface area contributed by atoms with Crippen LogP contribution in [-0.2, 0) is 9.53 Å². The largest absolute Gasteiger partial charge is 0.465 e. The van der Waals surface area contributed by atoms with Crippen molar-refractivity contribution in [3.8, 4) is 0 Å². The molecule has 6 nitrogen and oxygen atoms in total. The number of hydrogen-bond acceptors (Lipinski definition) is 4. The van der Waals surface area contributed by atoms with Crippen LogP contribution in [0.5, 0.6) is 0 Å². The Morgan fingerprint density at radius 2 is 2.11 bits per heavy atom. The lowest BCUT2D eigenvalue weighted by Gasteiger charge is -2.02. The van der Waals surface area contributed by atoms with Crippen molar-refractivity contribution in [1.82, 2.24) is 4.73 Å². The van der Waals surface area contributed by atoms with Gasteiger partial charge in [0.2, 0.25) is 5.91 Å². The molecule has 0 radical (unpaired) electrons. The zero-order valence-corrected chi connectivity index (χ0v) is 9.93. The quantitative estimate of drug-likeness (QED) is 0.625. The first-order valence-electron chi connectivity index (χ1n) is 5.24. The Hall–Kier alpha value is -2.50. The van der Waals surface area contributed by atoms with Crippen LogP contribution < -0.4 is 5.32 Å². The van der Waals surface area contributed by atoms with E-state index in [2.05, 4.69) is 10.1 Å². The molecule has 2 aromatic rings. The highest BCUT2D eigenvalue weighted by Gasteiger charge is 2.16. The second kappa shape index (κ2) is 4.40. The van der Waals surface area contributed by atoms with Gasteiger partial charge in [-0.05, 0) is 18.2 Å². The number of aromatic nitrogens is 1. The third-order valence-corrected chi connectivity index (χ3v) is 2.53. The predicted octanol–water partition coefficient (Wildman–Crippen LogP) is 1.62. The summed E-state index contributed by atoms with van der Waals surface area (Å²) in [5.74, 6) is -0.609. The summed E-state index contributed by atoms with van der Waals surface area (Å²) >= 11 is 0. The summed E-state index contributed by atoms with van der Waals surface area (Å²) in [6.07, 6.45) is 0. The Balaban J connectivity index is 2.64. The molecule has 0 spiro atoms. The standard InChI is InChI=1S/C12H12N2O4/c1-7(15)13-11-6-9-8(12(16)18-2)4-3-5-10(9)14(11)17/h3-6,17H,1-2H3,(H,13,15). The third-order valence-electron chi connectivity index (χ3n) is 2.53. The number of methoxy groups -OCH3 is 1. The van der Waals surface area contributed by atoms with Crippen molar-refractivity contribution >= 4 is 28.6 Å². The first-order chi connectivity index (χ1) is 8.54. The summed E-state index contributed by atoms with van der Waals surface area (Å²) in [7, 11) is 1.28. The first kappa shape index (κ1) is 12.0. The van der Waals surface area contributed by atoms with Crippen LogP contribution in [0.2, 0.25) is 0 Å². The molecule has 0 bridgehead atoms. The number of anilines is 1. The van der Waals surface area contributed by atoms with Crippen LogP contribution in [0.25, 0.3) is 10.9 Å². The zero-order chi connectivity index (χ0) is 13.3. The van der Waals surface area contributed by atoms with E-state index < -0.39 is 5.97 Å². The van der Waals surface area contributed by atoms with Crippen molar-refractivity contribution < 1.29 is 19.5 Å². The van der Waals surface area contributed by atoms with Gasteiger partial charge in [-0.15, -0.1) is 0 Å². The van der Waals surface area contributed by atoms with E-state index in [0.717, 1.165) is 4.73 Å². The van der Waals surface area contributed by atoms with E-state index in [0.29, 0.717) is 16.5 Å². The smallest absolute Gasteiger partial charge is 0.338 e. The van der Waals surface area contributed by atoms with Crippen molar-refractivity contribution in [1.29, 1.82) is 0 Å². The van der Waals surface area contributed by atoms with Crippen molar-refractivity contribution in [2.24, 2.45) is 0 Å². The van der Waals surface area contributed by atoms with Crippen molar-refractivity contribution in [2.45, 2.75) is 6.92 Å². The summed E-state index contributed by atoms with van der Waals surface area (Å²) in [5, 5.41) is 12.8. The maximum absolute atomic E-state index is 11.6. The highest BCUT2D eigenvalue weighted by atomic mass is 16.5. The van der Waals surface area contributed by atoms with Crippen LogP contribution in [0.4, 0.5) is 5.82 Å². The number of carbonyl (C=O) groups is 2. The molecule has 18 heavy (non-hydrogen) atoms. The van der Waals surface area contributed by atoms with Crippen LogP contribution in [0.1, 0.15) is 17.3 Å². The van der Waals surface area contributed by atoms with E-state index >= 15 is 0 Å². The summed E-state index contributed by atoms with van der Waals surface area (Å²) < 4.78 is 5.48. The number of esters is 1. The van der Waals surface area contributed by atoms with E-state index in [1.165, 1.54) is 20.1 Å². The first-order valence-corrected chi connectivity index (χ1v) is 5.24. The molecule has 0 unspecified atom stereocenters. The van der Waals surface area contributed by atoms with Gasteiger partial charge in [-0.25, -0.2) is 4.79 Å². The third kappa shape index (κ3) is 1.88. The fourth-order valence-corrected chi connectivity index (χ4v) is 1.77. The molecule has 94 valence electrons. The number of benzene rings is 1. The molecule has 0 aliphatic heterocycles. The lowest BCUT2D eigenvalue weighted by molar-refractivity contribution is -0.114. The molecule has 1 aromatic heterocycles. The van der Waals surface area contributed by atoms with E-state index in [-0.39, 0.29) is 11.7 Å². The van der Waals surface area contributed by atoms with Crippen LogP contribution >= 0.6 is 0 Å². The maximum Gasteiger partial charge on any atom is 0.338 e. The molecule has 2 rings (SSSR count). The number of hydrogen-bond donors (Lipinski definition) is 2. The van der Waals surface area contributed by atoms with Crippen molar-refractivity contribution in [3.63, 3.8) is 0 Å². The fourth-order valence-electron chi connectivity index (χ4n) is 1.77. The highest BCUT2D eigenvalue weighted by molar-refractivity contribution is 6.06. The monoisotopic (exact) mass is 248 g/mol. The fraction of sp³-hybridized carbons (Fsp3) is 0.167. The van der Waals surface area contributed by atoms with Gasteiger partial charge in [0.05, 0.1) is 18.2 Å². The Morgan fingerprint density at radius 3 is 2.72 bits per heavy atom. The molecule has 6 heteroatoms. The number of fused-ring (bicyclic) bond motifs is 1. The number of amides is 1. The van der Waals surface area contributed by atoms with Gasteiger partial charge in [-0.2, -0.15) is 4.73 Å². The summed E-state index contributed by atoms with van der Waals surface area (Å²) in [4.78, 5) is 22.6. The van der Waals surface area contributed by atoms with Crippen LogP contribution in [-0.4, -0.2) is 28.9 Å². The van der Waals surface area contributed by atoms with E-state index in [4.69, 9.17) is 0 Å². The van der Waals surface area contributed by atoms with E-state index in [9.17, 15) is 14.8 Å². The minimum Gasteiger partial charge on any atom is -0.465 e. The van der Waals surface area contributed by atoms with Crippen molar-refractivity contribution in [2.75, 3.05) is 12.4 Å². The molecule has 0 aliphatic rings. The number of carbonyl (C=O) groups excluding carboxylic acids is 2. The summed E-state index contributed by atoms with van der Waals surface area (Å²) in [5.41, 5.74) is 0.746. The predicted molar refractivity (Wildman–Crippen MR) is 64.8 cm³/mol. The average Bonchev–Trinajstić information content (AvgIpc) is 2.65.